The Bertz CT molecular complexity index is 538. The number of amides is 1. The zero-order valence-corrected chi connectivity index (χ0v) is 11.4. The lowest BCUT2D eigenvalue weighted by molar-refractivity contribution is -0.149. The van der Waals surface area contributed by atoms with Crippen LogP contribution in [0.25, 0.3) is 0 Å². The SMILES string of the molecule is CC(C)(CC(=O)NCc1cccc2c1OCO2)C(=O)O. The molecule has 1 aromatic rings. The number of carboxylic acid groups (broad SMARTS) is 1. The number of fused-ring (bicyclic) bond motifs is 1. The minimum atomic E-state index is -1.08. The maximum atomic E-state index is 11.8. The Morgan fingerprint density at radius 3 is 2.80 bits per heavy atom. The number of aliphatic carboxylic acids is 1. The highest BCUT2D eigenvalue weighted by atomic mass is 16.7. The fourth-order valence-corrected chi connectivity index (χ4v) is 1.86. The van der Waals surface area contributed by atoms with E-state index in [9.17, 15) is 9.59 Å². The molecule has 1 aromatic carbocycles. The summed E-state index contributed by atoms with van der Waals surface area (Å²) in [7, 11) is 0. The van der Waals surface area contributed by atoms with E-state index in [2.05, 4.69) is 5.32 Å². The normalized spacial score (nSPS) is 13.1. The summed E-state index contributed by atoms with van der Waals surface area (Å²) in [4.78, 5) is 22.8. The highest BCUT2D eigenvalue weighted by Gasteiger charge is 2.30. The molecule has 0 aliphatic carbocycles. The molecule has 0 unspecified atom stereocenters. The molecule has 6 heteroatoms. The predicted molar refractivity (Wildman–Crippen MR) is 70.4 cm³/mol. The number of carboxylic acids is 1. The van der Waals surface area contributed by atoms with Crippen LogP contribution in [0.4, 0.5) is 0 Å². The van der Waals surface area contributed by atoms with Crippen molar-refractivity contribution in [2.24, 2.45) is 5.41 Å². The number of ether oxygens (including phenoxy) is 2. The minimum absolute atomic E-state index is 0.0747. The van der Waals surface area contributed by atoms with Crippen molar-refractivity contribution in [2.75, 3.05) is 6.79 Å². The van der Waals surface area contributed by atoms with Crippen LogP contribution in [0.1, 0.15) is 25.8 Å². The van der Waals surface area contributed by atoms with Gasteiger partial charge in [-0.15, -0.1) is 0 Å². The van der Waals surface area contributed by atoms with Crippen molar-refractivity contribution < 1.29 is 24.2 Å². The summed E-state index contributed by atoms with van der Waals surface area (Å²) in [6, 6.07) is 5.44. The molecule has 2 rings (SSSR count). The molecule has 0 aromatic heterocycles. The monoisotopic (exact) mass is 279 g/mol. The molecule has 0 radical (unpaired) electrons. The topological polar surface area (TPSA) is 84.9 Å². The van der Waals surface area contributed by atoms with Gasteiger partial charge in [-0.2, -0.15) is 0 Å². The van der Waals surface area contributed by atoms with Gasteiger partial charge in [-0.3, -0.25) is 9.59 Å². The Morgan fingerprint density at radius 2 is 2.10 bits per heavy atom. The van der Waals surface area contributed by atoms with Gasteiger partial charge in [0.1, 0.15) is 0 Å². The van der Waals surface area contributed by atoms with Gasteiger partial charge in [-0.05, 0) is 19.9 Å². The molecule has 1 heterocycles. The first-order valence-corrected chi connectivity index (χ1v) is 6.28. The highest BCUT2D eigenvalue weighted by molar-refractivity contribution is 5.84. The molecule has 0 spiro atoms. The molecule has 6 nitrogen and oxygen atoms in total. The van der Waals surface area contributed by atoms with E-state index in [1.54, 1.807) is 6.07 Å². The third-order valence-electron chi connectivity index (χ3n) is 3.14. The van der Waals surface area contributed by atoms with E-state index < -0.39 is 11.4 Å². The summed E-state index contributed by atoms with van der Waals surface area (Å²) in [6.45, 7) is 3.49. The second kappa shape index (κ2) is 5.40. The van der Waals surface area contributed by atoms with Gasteiger partial charge in [0.25, 0.3) is 0 Å². The number of carbonyl (C=O) groups excluding carboxylic acids is 1. The zero-order chi connectivity index (χ0) is 14.8. The van der Waals surface area contributed by atoms with Crippen LogP contribution < -0.4 is 14.8 Å². The van der Waals surface area contributed by atoms with Gasteiger partial charge in [0, 0.05) is 18.5 Å². The Balaban J connectivity index is 1.95. The summed E-state index contributed by atoms with van der Waals surface area (Å²) in [5, 5.41) is 11.7. The van der Waals surface area contributed by atoms with E-state index >= 15 is 0 Å². The second-order valence-electron chi connectivity index (χ2n) is 5.29. The van der Waals surface area contributed by atoms with E-state index in [0.29, 0.717) is 11.5 Å². The molecule has 0 atom stereocenters. The van der Waals surface area contributed by atoms with Crippen molar-refractivity contribution in [3.63, 3.8) is 0 Å². The van der Waals surface area contributed by atoms with Crippen LogP contribution in [-0.2, 0) is 16.1 Å². The standard InChI is InChI=1S/C14H17NO5/c1-14(2,13(17)18)6-11(16)15-7-9-4-3-5-10-12(9)20-8-19-10/h3-5H,6-8H2,1-2H3,(H,15,16)(H,17,18). The quantitative estimate of drug-likeness (QED) is 0.853. The Kier molecular flexibility index (Phi) is 3.83. The van der Waals surface area contributed by atoms with Crippen molar-refractivity contribution in [1.29, 1.82) is 0 Å². The number of benzene rings is 1. The molecule has 0 saturated carbocycles. The minimum Gasteiger partial charge on any atom is -0.481 e. The fraction of sp³-hybridized carbons (Fsp3) is 0.429. The lowest BCUT2D eigenvalue weighted by Gasteiger charge is -2.18. The predicted octanol–water partition coefficient (Wildman–Crippen LogP) is 1.53. The lowest BCUT2D eigenvalue weighted by Crippen LogP contribution is -2.33. The molecule has 20 heavy (non-hydrogen) atoms. The van der Waals surface area contributed by atoms with Gasteiger partial charge >= 0.3 is 5.97 Å². The third kappa shape index (κ3) is 3.01. The summed E-state index contributed by atoms with van der Waals surface area (Å²) < 4.78 is 10.6. The number of carbonyl (C=O) groups is 2. The van der Waals surface area contributed by atoms with Crippen LogP contribution in [0.5, 0.6) is 11.5 Å². The first kappa shape index (κ1) is 14.2. The summed E-state index contributed by atoms with van der Waals surface area (Å²) in [6.07, 6.45) is -0.0747. The fourth-order valence-electron chi connectivity index (χ4n) is 1.86. The van der Waals surface area contributed by atoms with Crippen molar-refractivity contribution in [1.82, 2.24) is 5.32 Å². The Morgan fingerprint density at radius 1 is 1.35 bits per heavy atom. The van der Waals surface area contributed by atoms with Gasteiger partial charge in [-0.1, -0.05) is 12.1 Å². The van der Waals surface area contributed by atoms with Crippen LogP contribution in [-0.4, -0.2) is 23.8 Å². The van der Waals surface area contributed by atoms with E-state index in [0.717, 1.165) is 5.56 Å². The van der Waals surface area contributed by atoms with Crippen LogP contribution in [0.15, 0.2) is 18.2 Å². The van der Waals surface area contributed by atoms with Gasteiger partial charge in [0.2, 0.25) is 12.7 Å². The largest absolute Gasteiger partial charge is 0.481 e. The highest BCUT2D eigenvalue weighted by Crippen LogP contribution is 2.35. The lowest BCUT2D eigenvalue weighted by atomic mass is 9.89. The van der Waals surface area contributed by atoms with Crippen LogP contribution in [0, 0.1) is 5.41 Å². The van der Waals surface area contributed by atoms with E-state index in [4.69, 9.17) is 14.6 Å². The van der Waals surface area contributed by atoms with Gasteiger partial charge in [0.15, 0.2) is 11.5 Å². The molecule has 0 bridgehead atoms. The van der Waals surface area contributed by atoms with Crippen LogP contribution in [0.3, 0.4) is 0 Å². The molecule has 0 fully saturated rings. The number of hydrogen-bond donors (Lipinski definition) is 2. The maximum absolute atomic E-state index is 11.8. The molecule has 1 amide bonds. The van der Waals surface area contributed by atoms with Gasteiger partial charge in [0.05, 0.1) is 5.41 Å². The number of nitrogens with one attached hydrogen (secondary N) is 1. The summed E-state index contributed by atoms with van der Waals surface area (Å²) in [5.74, 6) is -0.0215. The van der Waals surface area contributed by atoms with E-state index in [1.807, 2.05) is 12.1 Å². The van der Waals surface area contributed by atoms with Gasteiger partial charge in [-0.25, -0.2) is 0 Å². The summed E-state index contributed by atoms with van der Waals surface area (Å²) in [5.41, 5.74) is -0.274. The number of para-hydroxylation sites is 1. The average Bonchev–Trinajstić information content (AvgIpc) is 2.84. The van der Waals surface area contributed by atoms with Crippen LogP contribution >= 0.6 is 0 Å². The van der Waals surface area contributed by atoms with Crippen molar-refractivity contribution in [3.8, 4) is 11.5 Å². The molecular weight excluding hydrogens is 262 g/mol. The molecule has 108 valence electrons. The third-order valence-corrected chi connectivity index (χ3v) is 3.14. The Labute approximate surface area is 116 Å². The molecule has 2 N–H and O–H groups in total. The van der Waals surface area contributed by atoms with E-state index in [-0.39, 0.29) is 25.7 Å². The van der Waals surface area contributed by atoms with Crippen LogP contribution in [0.2, 0.25) is 0 Å². The summed E-state index contributed by atoms with van der Waals surface area (Å²) >= 11 is 0. The smallest absolute Gasteiger partial charge is 0.309 e. The van der Waals surface area contributed by atoms with E-state index in [1.165, 1.54) is 13.8 Å². The van der Waals surface area contributed by atoms with Crippen molar-refractivity contribution in [3.05, 3.63) is 23.8 Å². The molecule has 1 aliphatic heterocycles. The Hall–Kier alpha value is -2.24. The first-order chi connectivity index (χ1) is 9.40. The maximum Gasteiger partial charge on any atom is 0.309 e. The first-order valence-electron chi connectivity index (χ1n) is 6.28. The van der Waals surface area contributed by atoms with Gasteiger partial charge < -0.3 is 19.9 Å². The van der Waals surface area contributed by atoms with Crippen molar-refractivity contribution >= 4 is 11.9 Å². The second-order valence-corrected chi connectivity index (χ2v) is 5.29. The zero-order valence-electron chi connectivity index (χ0n) is 11.4. The molecule has 1 aliphatic rings. The number of rotatable bonds is 5. The molecular formula is C14H17NO5. The van der Waals surface area contributed by atoms with Crippen molar-refractivity contribution in [2.45, 2.75) is 26.8 Å². The molecule has 0 saturated heterocycles. The average molecular weight is 279 g/mol. The number of hydrogen-bond acceptors (Lipinski definition) is 4.